The number of para-hydroxylation sites is 1. The number of nitrogens with zero attached hydrogens (tertiary/aromatic N) is 2. The van der Waals surface area contributed by atoms with Crippen molar-refractivity contribution in [3.05, 3.63) is 57.9 Å². The highest BCUT2D eigenvalue weighted by Gasteiger charge is 2.18. The van der Waals surface area contributed by atoms with E-state index in [0.717, 1.165) is 11.1 Å². The average molecular weight is 273 g/mol. The first-order valence-electron chi connectivity index (χ1n) is 6.01. The molecule has 7 heteroatoms. The van der Waals surface area contributed by atoms with E-state index in [1.54, 1.807) is 30.6 Å². The highest BCUT2D eigenvalue weighted by Crippen LogP contribution is 2.32. The minimum atomic E-state index is -0.465. The zero-order chi connectivity index (χ0) is 14.5. The van der Waals surface area contributed by atoms with Crippen molar-refractivity contribution in [1.82, 2.24) is 4.98 Å². The van der Waals surface area contributed by atoms with Gasteiger partial charge >= 0.3 is 5.69 Å². The van der Waals surface area contributed by atoms with Crippen LogP contribution >= 0.6 is 0 Å². The Balaban J connectivity index is 2.26. The first kappa shape index (κ1) is 13.8. The number of benzene rings is 1. The van der Waals surface area contributed by atoms with Crippen molar-refractivity contribution in [3.63, 3.8) is 0 Å². The summed E-state index contributed by atoms with van der Waals surface area (Å²) in [6, 6.07) is 6.78. The lowest BCUT2D eigenvalue weighted by atomic mass is 10.1. The average Bonchev–Trinajstić information content (AvgIpc) is 2.45. The van der Waals surface area contributed by atoms with E-state index in [9.17, 15) is 10.1 Å². The summed E-state index contributed by atoms with van der Waals surface area (Å²) in [5.74, 6) is 5.30. The minimum Gasteiger partial charge on any atom is -0.375 e. The van der Waals surface area contributed by atoms with E-state index < -0.39 is 4.92 Å². The molecule has 104 valence electrons. The first-order valence-corrected chi connectivity index (χ1v) is 6.01. The van der Waals surface area contributed by atoms with Crippen LogP contribution in [0, 0.1) is 17.0 Å². The zero-order valence-corrected chi connectivity index (χ0v) is 11.0. The van der Waals surface area contributed by atoms with Crippen LogP contribution in [0.5, 0.6) is 0 Å². The number of nitrogen functional groups attached to an aromatic ring is 1. The SMILES string of the molecule is Cc1ccncc1CNc1cccc(NN)c1[N+](=O)[O-]. The maximum absolute atomic E-state index is 11.1. The van der Waals surface area contributed by atoms with Crippen LogP contribution in [0.15, 0.2) is 36.7 Å². The van der Waals surface area contributed by atoms with Gasteiger partial charge in [0.1, 0.15) is 11.4 Å². The monoisotopic (exact) mass is 273 g/mol. The third kappa shape index (κ3) is 2.83. The lowest BCUT2D eigenvalue weighted by Crippen LogP contribution is -2.11. The second-order valence-electron chi connectivity index (χ2n) is 4.26. The fourth-order valence-corrected chi connectivity index (χ4v) is 1.87. The summed E-state index contributed by atoms with van der Waals surface area (Å²) in [5, 5.41) is 14.2. The van der Waals surface area contributed by atoms with E-state index in [2.05, 4.69) is 15.7 Å². The summed E-state index contributed by atoms with van der Waals surface area (Å²) in [6.07, 6.45) is 3.44. The molecule has 2 rings (SSSR count). The van der Waals surface area contributed by atoms with Crippen LogP contribution in [0.1, 0.15) is 11.1 Å². The van der Waals surface area contributed by atoms with Crippen LogP contribution in [0.4, 0.5) is 17.1 Å². The maximum Gasteiger partial charge on any atom is 0.316 e. The molecule has 0 radical (unpaired) electrons. The Morgan fingerprint density at radius 3 is 2.75 bits per heavy atom. The molecule has 1 aromatic heterocycles. The van der Waals surface area contributed by atoms with Crippen molar-refractivity contribution < 1.29 is 4.92 Å². The van der Waals surface area contributed by atoms with Gasteiger partial charge in [-0.25, -0.2) is 0 Å². The van der Waals surface area contributed by atoms with Gasteiger partial charge in [-0.05, 0) is 36.2 Å². The lowest BCUT2D eigenvalue weighted by molar-refractivity contribution is -0.383. The van der Waals surface area contributed by atoms with Crippen molar-refractivity contribution in [2.24, 2.45) is 5.84 Å². The number of rotatable bonds is 5. The number of anilines is 2. The van der Waals surface area contributed by atoms with E-state index in [0.29, 0.717) is 12.2 Å². The molecule has 0 aliphatic carbocycles. The van der Waals surface area contributed by atoms with Crippen molar-refractivity contribution in [1.29, 1.82) is 0 Å². The topological polar surface area (TPSA) is 106 Å². The fraction of sp³-hybridized carbons (Fsp3) is 0.154. The molecule has 0 saturated carbocycles. The number of hydrogen-bond donors (Lipinski definition) is 3. The molecule has 0 atom stereocenters. The number of aromatic nitrogens is 1. The maximum atomic E-state index is 11.1. The molecular weight excluding hydrogens is 258 g/mol. The number of hydrazine groups is 1. The van der Waals surface area contributed by atoms with Crippen molar-refractivity contribution in [2.75, 3.05) is 10.7 Å². The Morgan fingerprint density at radius 2 is 2.10 bits per heavy atom. The minimum absolute atomic E-state index is 0.0726. The van der Waals surface area contributed by atoms with Gasteiger partial charge in [-0.2, -0.15) is 0 Å². The van der Waals surface area contributed by atoms with Crippen LogP contribution in [0.25, 0.3) is 0 Å². The number of nitrogens with two attached hydrogens (primary N) is 1. The molecule has 0 aliphatic rings. The summed E-state index contributed by atoms with van der Waals surface area (Å²) in [7, 11) is 0. The molecule has 0 aliphatic heterocycles. The van der Waals surface area contributed by atoms with Gasteiger partial charge < -0.3 is 10.7 Å². The standard InChI is InChI=1S/C13H15N5O2/c1-9-5-6-15-7-10(9)8-16-11-3-2-4-12(17-14)13(11)18(19)20/h2-7,16-17H,8,14H2,1H3. The molecule has 0 unspecified atom stereocenters. The highest BCUT2D eigenvalue weighted by molar-refractivity contribution is 5.75. The molecule has 2 aromatic rings. The Bertz CT molecular complexity index is 630. The van der Waals surface area contributed by atoms with Crippen molar-refractivity contribution in [3.8, 4) is 0 Å². The van der Waals surface area contributed by atoms with Gasteiger partial charge in [0, 0.05) is 18.9 Å². The summed E-state index contributed by atoms with van der Waals surface area (Å²) >= 11 is 0. The van der Waals surface area contributed by atoms with E-state index in [4.69, 9.17) is 5.84 Å². The van der Waals surface area contributed by atoms with Crippen molar-refractivity contribution >= 4 is 17.1 Å². The molecule has 0 fully saturated rings. The Hall–Kier alpha value is -2.67. The van der Waals surface area contributed by atoms with Gasteiger partial charge in [-0.3, -0.25) is 20.9 Å². The van der Waals surface area contributed by atoms with E-state index >= 15 is 0 Å². The van der Waals surface area contributed by atoms with Crippen LogP contribution < -0.4 is 16.6 Å². The number of nitrogens with one attached hydrogen (secondary N) is 2. The van der Waals surface area contributed by atoms with Crippen LogP contribution in [-0.4, -0.2) is 9.91 Å². The van der Waals surface area contributed by atoms with Crippen LogP contribution in [0.3, 0.4) is 0 Å². The number of pyridine rings is 1. The largest absolute Gasteiger partial charge is 0.375 e. The van der Waals surface area contributed by atoms with Gasteiger partial charge in [-0.1, -0.05) is 6.07 Å². The van der Waals surface area contributed by atoms with Gasteiger partial charge in [0.2, 0.25) is 0 Å². The second kappa shape index (κ2) is 5.98. The number of nitro benzene ring substituents is 1. The van der Waals surface area contributed by atoms with E-state index in [-0.39, 0.29) is 11.4 Å². The van der Waals surface area contributed by atoms with Crippen molar-refractivity contribution in [2.45, 2.75) is 13.5 Å². The van der Waals surface area contributed by atoms with Gasteiger partial charge in [-0.15, -0.1) is 0 Å². The number of aryl methyl sites for hydroxylation is 1. The van der Waals surface area contributed by atoms with E-state index in [1.807, 2.05) is 13.0 Å². The zero-order valence-electron chi connectivity index (χ0n) is 11.0. The molecule has 0 spiro atoms. The lowest BCUT2D eigenvalue weighted by Gasteiger charge is -2.11. The normalized spacial score (nSPS) is 10.1. The third-order valence-electron chi connectivity index (χ3n) is 2.99. The molecule has 1 aromatic carbocycles. The van der Waals surface area contributed by atoms with Crippen LogP contribution in [0.2, 0.25) is 0 Å². The number of nitro groups is 1. The summed E-state index contributed by atoms with van der Waals surface area (Å²) in [4.78, 5) is 14.7. The summed E-state index contributed by atoms with van der Waals surface area (Å²) < 4.78 is 0. The van der Waals surface area contributed by atoms with Gasteiger partial charge in [0.05, 0.1) is 4.92 Å². The number of hydrogen-bond acceptors (Lipinski definition) is 6. The molecule has 0 amide bonds. The quantitative estimate of drug-likeness (QED) is 0.438. The molecule has 20 heavy (non-hydrogen) atoms. The fourth-order valence-electron chi connectivity index (χ4n) is 1.87. The predicted molar refractivity (Wildman–Crippen MR) is 77.2 cm³/mol. The predicted octanol–water partition coefficient (Wildman–Crippen LogP) is 2.20. The summed E-state index contributed by atoms with van der Waals surface area (Å²) in [5.41, 5.74) is 4.99. The molecule has 0 bridgehead atoms. The molecule has 1 heterocycles. The summed E-state index contributed by atoms with van der Waals surface area (Å²) in [6.45, 7) is 2.42. The Kier molecular flexibility index (Phi) is 4.11. The van der Waals surface area contributed by atoms with Crippen LogP contribution in [-0.2, 0) is 6.54 Å². The second-order valence-corrected chi connectivity index (χ2v) is 4.26. The van der Waals surface area contributed by atoms with Gasteiger partial charge in [0.15, 0.2) is 0 Å². The van der Waals surface area contributed by atoms with Gasteiger partial charge in [0.25, 0.3) is 0 Å². The highest BCUT2D eigenvalue weighted by atomic mass is 16.6. The molecular formula is C13H15N5O2. The Morgan fingerprint density at radius 1 is 1.35 bits per heavy atom. The smallest absolute Gasteiger partial charge is 0.316 e. The Labute approximate surface area is 116 Å². The third-order valence-corrected chi connectivity index (χ3v) is 2.99. The first-order chi connectivity index (χ1) is 9.63. The molecule has 7 nitrogen and oxygen atoms in total. The van der Waals surface area contributed by atoms with E-state index in [1.165, 1.54) is 0 Å². The molecule has 0 saturated heterocycles. The molecule has 4 N–H and O–H groups in total.